The highest BCUT2D eigenvalue weighted by atomic mass is 32.1. The van der Waals surface area contributed by atoms with Gasteiger partial charge in [-0.1, -0.05) is 20.3 Å². The quantitative estimate of drug-likeness (QED) is 0.824. The van der Waals surface area contributed by atoms with Crippen LogP contribution in [0, 0.1) is 5.92 Å². The number of carbonyl (C=O) groups excluding carboxylic acids is 1. The molecule has 0 unspecified atom stereocenters. The molecule has 0 aliphatic heterocycles. The van der Waals surface area contributed by atoms with E-state index in [0.29, 0.717) is 10.9 Å². The minimum atomic E-state index is -0.0151. The van der Waals surface area contributed by atoms with E-state index in [4.69, 9.17) is 9.47 Å². The lowest BCUT2D eigenvalue weighted by molar-refractivity contribution is -0.119. The number of anilines is 1. The Morgan fingerprint density at radius 1 is 1.35 bits per heavy atom. The van der Waals surface area contributed by atoms with Crippen LogP contribution in [0.1, 0.15) is 26.7 Å². The van der Waals surface area contributed by atoms with Gasteiger partial charge < -0.3 is 14.8 Å². The first-order chi connectivity index (χ1) is 11.1. The van der Waals surface area contributed by atoms with Crippen LogP contribution >= 0.6 is 11.3 Å². The summed E-state index contributed by atoms with van der Waals surface area (Å²) in [6.07, 6.45) is 1.85. The van der Waals surface area contributed by atoms with Crippen LogP contribution in [0.4, 0.5) is 5.13 Å². The predicted molar refractivity (Wildman–Crippen MR) is 93.4 cm³/mol. The second kappa shape index (κ2) is 7.97. The number of aromatic nitrogens is 1. The molecular formula is C17H22N2O3S. The zero-order valence-electron chi connectivity index (χ0n) is 13.9. The zero-order chi connectivity index (χ0) is 16.8. The molecule has 1 amide bonds. The maximum absolute atomic E-state index is 12.1. The van der Waals surface area contributed by atoms with Crippen LogP contribution in [0.5, 0.6) is 11.5 Å². The third-order valence-corrected chi connectivity index (χ3v) is 4.34. The normalized spacial score (nSPS) is 11.8. The summed E-state index contributed by atoms with van der Waals surface area (Å²) in [6.45, 7) is 4.00. The second-order valence-electron chi connectivity index (χ2n) is 5.28. The zero-order valence-corrected chi connectivity index (χ0v) is 14.7. The number of nitrogens with zero attached hydrogens (tertiary/aromatic N) is 1. The lowest BCUT2D eigenvalue weighted by Gasteiger charge is -2.09. The van der Waals surface area contributed by atoms with Gasteiger partial charge in [0.15, 0.2) is 5.13 Å². The summed E-state index contributed by atoms with van der Waals surface area (Å²) in [7, 11) is 3.24. The molecule has 5 nitrogen and oxygen atoms in total. The largest absolute Gasteiger partial charge is 0.497 e. The molecule has 1 aromatic carbocycles. The van der Waals surface area contributed by atoms with E-state index in [9.17, 15) is 4.79 Å². The summed E-state index contributed by atoms with van der Waals surface area (Å²) >= 11 is 1.40. The number of methoxy groups -OCH3 is 2. The monoisotopic (exact) mass is 334 g/mol. The van der Waals surface area contributed by atoms with Crippen molar-refractivity contribution in [1.29, 1.82) is 0 Å². The van der Waals surface area contributed by atoms with Crippen molar-refractivity contribution in [3.05, 3.63) is 23.6 Å². The van der Waals surface area contributed by atoms with Crippen LogP contribution in [0.2, 0.25) is 0 Å². The van der Waals surface area contributed by atoms with Crippen molar-refractivity contribution in [3.8, 4) is 22.8 Å². The molecule has 0 saturated heterocycles. The molecule has 124 valence electrons. The van der Waals surface area contributed by atoms with Gasteiger partial charge in [0.2, 0.25) is 5.91 Å². The van der Waals surface area contributed by atoms with Crippen molar-refractivity contribution in [2.24, 2.45) is 5.92 Å². The van der Waals surface area contributed by atoms with Gasteiger partial charge >= 0.3 is 0 Å². The van der Waals surface area contributed by atoms with Gasteiger partial charge in [-0.3, -0.25) is 4.79 Å². The molecule has 0 aliphatic carbocycles. The Morgan fingerprint density at radius 3 is 2.78 bits per heavy atom. The lowest BCUT2D eigenvalue weighted by Crippen LogP contribution is -2.20. The van der Waals surface area contributed by atoms with Gasteiger partial charge in [-0.2, -0.15) is 0 Å². The average Bonchev–Trinajstić information content (AvgIpc) is 3.02. The Morgan fingerprint density at radius 2 is 2.13 bits per heavy atom. The topological polar surface area (TPSA) is 60.5 Å². The molecule has 1 aromatic heterocycles. The number of nitrogens with one attached hydrogen (secondary N) is 1. The molecule has 6 heteroatoms. The van der Waals surface area contributed by atoms with Crippen molar-refractivity contribution in [3.63, 3.8) is 0 Å². The third kappa shape index (κ3) is 4.22. The number of benzene rings is 1. The Hall–Kier alpha value is -2.08. The Bertz CT molecular complexity index is 670. The molecule has 2 rings (SSSR count). The summed E-state index contributed by atoms with van der Waals surface area (Å²) in [5, 5.41) is 5.37. The third-order valence-electron chi connectivity index (χ3n) is 3.59. The van der Waals surface area contributed by atoms with Gasteiger partial charge in [0.25, 0.3) is 0 Å². The maximum Gasteiger partial charge on any atom is 0.228 e. The van der Waals surface area contributed by atoms with Crippen LogP contribution < -0.4 is 14.8 Å². The van der Waals surface area contributed by atoms with Gasteiger partial charge in [0, 0.05) is 16.9 Å². The molecule has 0 spiro atoms. The number of rotatable bonds is 7. The number of carbonyl (C=O) groups is 1. The first-order valence-corrected chi connectivity index (χ1v) is 8.45. The molecule has 2 aromatic rings. The highest BCUT2D eigenvalue weighted by Crippen LogP contribution is 2.35. The Kier molecular flexibility index (Phi) is 5.98. The Balaban J connectivity index is 2.20. The number of ether oxygens (including phenoxy) is 2. The fourth-order valence-corrected chi connectivity index (χ4v) is 2.98. The van der Waals surface area contributed by atoms with Crippen molar-refractivity contribution in [2.75, 3.05) is 19.5 Å². The fraction of sp³-hybridized carbons (Fsp3) is 0.412. The highest BCUT2D eigenvalue weighted by Gasteiger charge is 2.16. The minimum absolute atomic E-state index is 0.00496. The second-order valence-corrected chi connectivity index (χ2v) is 6.14. The first kappa shape index (κ1) is 17.3. The number of hydrogen-bond acceptors (Lipinski definition) is 5. The summed E-state index contributed by atoms with van der Waals surface area (Å²) in [6, 6.07) is 5.55. The maximum atomic E-state index is 12.1. The molecule has 0 radical (unpaired) electrons. The summed E-state index contributed by atoms with van der Waals surface area (Å²) < 4.78 is 10.6. The van der Waals surface area contributed by atoms with E-state index in [1.165, 1.54) is 11.3 Å². The number of amides is 1. The average molecular weight is 334 g/mol. The highest BCUT2D eigenvalue weighted by molar-refractivity contribution is 7.14. The first-order valence-electron chi connectivity index (χ1n) is 7.57. The summed E-state index contributed by atoms with van der Waals surface area (Å²) in [5.74, 6) is 1.44. The van der Waals surface area contributed by atoms with Crippen molar-refractivity contribution < 1.29 is 14.3 Å². The van der Waals surface area contributed by atoms with Crippen molar-refractivity contribution in [2.45, 2.75) is 26.7 Å². The molecule has 23 heavy (non-hydrogen) atoms. The number of hydrogen-bond donors (Lipinski definition) is 1. The fourth-order valence-electron chi connectivity index (χ4n) is 2.26. The van der Waals surface area contributed by atoms with E-state index in [-0.39, 0.29) is 11.8 Å². The SMILES string of the molecule is CCC[C@@H](C)C(=O)Nc1nc(-c2cc(OC)ccc2OC)cs1. The smallest absolute Gasteiger partial charge is 0.228 e. The van der Waals surface area contributed by atoms with Gasteiger partial charge in [-0.15, -0.1) is 11.3 Å². The van der Waals surface area contributed by atoms with Crippen LogP contribution in [0.15, 0.2) is 23.6 Å². The van der Waals surface area contributed by atoms with Crippen LogP contribution in [-0.4, -0.2) is 25.1 Å². The molecule has 1 heterocycles. The van der Waals surface area contributed by atoms with Crippen LogP contribution in [0.25, 0.3) is 11.3 Å². The van der Waals surface area contributed by atoms with E-state index >= 15 is 0 Å². The summed E-state index contributed by atoms with van der Waals surface area (Å²) in [4.78, 5) is 16.6. The number of thiazole rings is 1. The minimum Gasteiger partial charge on any atom is -0.497 e. The lowest BCUT2D eigenvalue weighted by atomic mass is 10.1. The Labute approximate surface area is 140 Å². The van der Waals surface area contributed by atoms with Gasteiger partial charge in [0.05, 0.1) is 19.9 Å². The van der Waals surface area contributed by atoms with Crippen molar-refractivity contribution in [1.82, 2.24) is 4.98 Å². The van der Waals surface area contributed by atoms with E-state index < -0.39 is 0 Å². The molecule has 0 saturated carbocycles. The van der Waals surface area contributed by atoms with Gasteiger partial charge in [0.1, 0.15) is 11.5 Å². The molecule has 0 aliphatic rings. The standard InChI is InChI=1S/C17H22N2O3S/c1-5-6-11(2)16(20)19-17-18-14(10-23-17)13-9-12(21-3)7-8-15(13)22-4/h7-11H,5-6H2,1-4H3,(H,18,19,20)/t11-/m1/s1. The van der Waals surface area contributed by atoms with Crippen LogP contribution in [0.3, 0.4) is 0 Å². The predicted octanol–water partition coefficient (Wildman–Crippen LogP) is 4.20. The molecule has 0 fully saturated rings. The van der Waals surface area contributed by atoms with Gasteiger partial charge in [-0.25, -0.2) is 4.98 Å². The molecule has 1 N–H and O–H groups in total. The van der Waals surface area contributed by atoms with E-state index in [2.05, 4.69) is 17.2 Å². The summed E-state index contributed by atoms with van der Waals surface area (Å²) in [5.41, 5.74) is 1.59. The van der Waals surface area contributed by atoms with E-state index in [1.807, 2.05) is 30.5 Å². The van der Waals surface area contributed by atoms with Crippen LogP contribution in [-0.2, 0) is 4.79 Å². The van der Waals surface area contributed by atoms with Gasteiger partial charge in [-0.05, 0) is 24.6 Å². The van der Waals surface area contributed by atoms with E-state index in [1.54, 1.807) is 14.2 Å². The van der Waals surface area contributed by atoms with E-state index in [0.717, 1.165) is 29.8 Å². The molecular weight excluding hydrogens is 312 g/mol. The molecule has 0 bridgehead atoms. The van der Waals surface area contributed by atoms with Crippen molar-refractivity contribution >= 4 is 22.4 Å². The molecule has 1 atom stereocenters.